The van der Waals surface area contributed by atoms with Gasteiger partial charge in [-0.25, -0.2) is 0 Å². The van der Waals surface area contributed by atoms with Crippen LogP contribution < -0.4 is 10.1 Å². The molecule has 1 fully saturated rings. The molecule has 0 radical (unpaired) electrons. The van der Waals surface area contributed by atoms with Crippen LogP contribution in [-0.4, -0.2) is 25.9 Å². The van der Waals surface area contributed by atoms with Crippen molar-refractivity contribution >= 4 is 0 Å². The molecule has 3 nitrogen and oxygen atoms in total. The summed E-state index contributed by atoms with van der Waals surface area (Å²) >= 11 is 0. The Bertz CT molecular complexity index is 358. The quantitative estimate of drug-likeness (QED) is 0.854. The smallest absolute Gasteiger partial charge is 0.119 e. The van der Waals surface area contributed by atoms with Crippen molar-refractivity contribution in [2.45, 2.75) is 45.2 Å². The molecule has 1 aliphatic rings. The van der Waals surface area contributed by atoms with Gasteiger partial charge in [0.15, 0.2) is 0 Å². The molecule has 2 rings (SSSR count). The molecule has 0 amide bonds. The molecular formula is C16H25NO2. The van der Waals surface area contributed by atoms with E-state index in [0.717, 1.165) is 44.8 Å². The van der Waals surface area contributed by atoms with Crippen LogP contribution in [0.25, 0.3) is 0 Å². The van der Waals surface area contributed by atoms with Crippen LogP contribution in [0.1, 0.15) is 44.7 Å². The molecule has 3 heteroatoms. The Kier molecular flexibility index (Phi) is 5.67. The minimum Gasteiger partial charge on any atom is -0.494 e. The first-order valence-electron chi connectivity index (χ1n) is 7.36. The van der Waals surface area contributed by atoms with Gasteiger partial charge in [-0.15, -0.1) is 0 Å². The SMILES string of the molecule is CCCOc1ccc(C(C)NC2CCOCC2)cc1. The summed E-state index contributed by atoms with van der Waals surface area (Å²) in [4.78, 5) is 0. The summed E-state index contributed by atoms with van der Waals surface area (Å²) in [6.07, 6.45) is 3.27. The van der Waals surface area contributed by atoms with Gasteiger partial charge in [-0.3, -0.25) is 0 Å². The summed E-state index contributed by atoms with van der Waals surface area (Å²) in [5, 5.41) is 3.68. The molecule has 19 heavy (non-hydrogen) atoms. The second-order valence-electron chi connectivity index (χ2n) is 5.19. The summed E-state index contributed by atoms with van der Waals surface area (Å²) in [6.45, 7) is 6.89. The molecule has 1 aliphatic heterocycles. The molecule has 1 aromatic rings. The first-order valence-corrected chi connectivity index (χ1v) is 7.36. The first kappa shape index (κ1) is 14.4. The zero-order valence-corrected chi connectivity index (χ0v) is 12.0. The summed E-state index contributed by atoms with van der Waals surface area (Å²) in [6, 6.07) is 9.40. The highest BCUT2D eigenvalue weighted by Crippen LogP contribution is 2.19. The molecule has 106 valence electrons. The predicted molar refractivity (Wildman–Crippen MR) is 77.6 cm³/mol. The number of benzene rings is 1. The highest BCUT2D eigenvalue weighted by molar-refractivity contribution is 5.29. The van der Waals surface area contributed by atoms with E-state index in [1.807, 2.05) is 0 Å². The van der Waals surface area contributed by atoms with E-state index in [0.29, 0.717) is 12.1 Å². The molecule has 0 saturated carbocycles. The van der Waals surface area contributed by atoms with Crippen LogP contribution in [0.4, 0.5) is 0 Å². The molecule has 0 aliphatic carbocycles. The van der Waals surface area contributed by atoms with Crippen molar-refractivity contribution in [2.24, 2.45) is 0 Å². The van der Waals surface area contributed by atoms with Crippen LogP contribution in [0.15, 0.2) is 24.3 Å². The normalized spacial score (nSPS) is 18.2. The Morgan fingerprint density at radius 2 is 1.95 bits per heavy atom. The maximum Gasteiger partial charge on any atom is 0.119 e. The largest absolute Gasteiger partial charge is 0.494 e. The van der Waals surface area contributed by atoms with Gasteiger partial charge in [0.25, 0.3) is 0 Å². The molecule has 0 bridgehead atoms. The Hall–Kier alpha value is -1.06. The number of nitrogens with one attached hydrogen (secondary N) is 1. The van der Waals surface area contributed by atoms with Gasteiger partial charge in [0.1, 0.15) is 5.75 Å². The van der Waals surface area contributed by atoms with Crippen LogP contribution in [0.2, 0.25) is 0 Å². The topological polar surface area (TPSA) is 30.5 Å². The zero-order valence-electron chi connectivity index (χ0n) is 12.0. The number of hydrogen-bond acceptors (Lipinski definition) is 3. The van der Waals surface area contributed by atoms with Gasteiger partial charge in [0.2, 0.25) is 0 Å². The fourth-order valence-electron chi connectivity index (χ4n) is 2.39. The Labute approximate surface area is 116 Å². The van der Waals surface area contributed by atoms with Crippen LogP contribution in [0.3, 0.4) is 0 Å². The predicted octanol–water partition coefficient (Wildman–Crippen LogP) is 3.31. The maximum absolute atomic E-state index is 5.60. The van der Waals surface area contributed by atoms with Crippen molar-refractivity contribution in [3.8, 4) is 5.75 Å². The third-order valence-corrected chi connectivity index (χ3v) is 3.56. The van der Waals surface area contributed by atoms with Crippen molar-refractivity contribution in [3.05, 3.63) is 29.8 Å². The zero-order chi connectivity index (χ0) is 13.5. The molecule has 1 heterocycles. The van der Waals surface area contributed by atoms with E-state index < -0.39 is 0 Å². The van der Waals surface area contributed by atoms with E-state index in [1.165, 1.54) is 5.56 Å². The average Bonchev–Trinajstić information content (AvgIpc) is 2.46. The summed E-state index contributed by atoms with van der Waals surface area (Å²) in [7, 11) is 0. The van der Waals surface area contributed by atoms with Gasteiger partial charge in [0, 0.05) is 25.3 Å². The lowest BCUT2D eigenvalue weighted by atomic mass is 10.0. The molecular weight excluding hydrogens is 238 g/mol. The number of ether oxygens (including phenoxy) is 2. The standard InChI is InChI=1S/C16H25NO2/c1-3-10-19-16-6-4-14(5-7-16)13(2)17-15-8-11-18-12-9-15/h4-7,13,15,17H,3,8-12H2,1-2H3. The molecule has 1 unspecified atom stereocenters. The minimum absolute atomic E-state index is 0.378. The molecule has 0 spiro atoms. The first-order chi connectivity index (χ1) is 9.29. The molecule has 1 aromatic carbocycles. The van der Waals surface area contributed by atoms with Crippen molar-refractivity contribution in [1.29, 1.82) is 0 Å². The maximum atomic E-state index is 5.60. The fourth-order valence-corrected chi connectivity index (χ4v) is 2.39. The van der Waals surface area contributed by atoms with Crippen molar-refractivity contribution in [2.75, 3.05) is 19.8 Å². The summed E-state index contributed by atoms with van der Waals surface area (Å²) < 4.78 is 11.0. The Morgan fingerprint density at radius 3 is 2.58 bits per heavy atom. The van der Waals surface area contributed by atoms with Crippen molar-refractivity contribution in [1.82, 2.24) is 5.32 Å². The van der Waals surface area contributed by atoms with E-state index in [-0.39, 0.29) is 0 Å². The summed E-state index contributed by atoms with van der Waals surface area (Å²) in [5.74, 6) is 0.962. The van der Waals surface area contributed by atoms with E-state index in [1.54, 1.807) is 0 Å². The third-order valence-electron chi connectivity index (χ3n) is 3.56. The van der Waals surface area contributed by atoms with Gasteiger partial charge in [-0.05, 0) is 43.9 Å². The monoisotopic (exact) mass is 263 g/mol. The van der Waals surface area contributed by atoms with Crippen molar-refractivity contribution in [3.63, 3.8) is 0 Å². The lowest BCUT2D eigenvalue weighted by Crippen LogP contribution is -2.36. The lowest BCUT2D eigenvalue weighted by Gasteiger charge is -2.27. The lowest BCUT2D eigenvalue weighted by molar-refractivity contribution is 0.0754. The molecule has 1 atom stereocenters. The molecule has 1 N–H and O–H groups in total. The van der Waals surface area contributed by atoms with Crippen LogP contribution >= 0.6 is 0 Å². The summed E-state index contributed by atoms with van der Waals surface area (Å²) in [5.41, 5.74) is 1.32. The second kappa shape index (κ2) is 7.51. The number of hydrogen-bond donors (Lipinski definition) is 1. The van der Waals surface area contributed by atoms with Gasteiger partial charge in [-0.1, -0.05) is 19.1 Å². The minimum atomic E-state index is 0.378. The number of rotatable bonds is 6. The Balaban J connectivity index is 1.85. The van der Waals surface area contributed by atoms with Gasteiger partial charge < -0.3 is 14.8 Å². The second-order valence-corrected chi connectivity index (χ2v) is 5.19. The van der Waals surface area contributed by atoms with Crippen LogP contribution in [0.5, 0.6) is 5.75 Å². The third kappa shape index (κ3) is 4.51. The molecule has 1 saturated heterocycles. The van der Waals surface area contributed by atoms with E-state index >= 15 is 0 Å². The van der Waals surface area contributed by atoms with Gasteiger partial charge in [0.05, 0.1) is 6.61 Å². The molecule has 0 aromatic heterocycles. The highest BCUT2D eigenvalue weighted by Gasteiger charge is 2.16. The van der Waals surface area contributed by atoms with E-state index in [2.05, 4.69) is 43.4 Å². The van der Waals surface area contributed by atoms with E-state index in [4.69, 9.17) is 9.47 Å². The van der Waals surface area contributed by atoms with Crippen molar-refractivity contribution < 1.29 is 9.47 Å². The highest BCUT2D eigenvalue weighted by atomic mass is 16.5. The van der Waals surface area contributed by atoms with Gasteiger partial charge in [-0.2, -0.15) is 0 Å². The fraction of sp³-hybridized carbons (Fsp3) is 0.625. The average molecular weight is 263 g/mol. The Morgan fingerprint density at radius 1 is 1.26 bits per heavy atom. The van der Waals surface area contributed by atoms with E-state index in [9.17, 15) is 0 Å². The van der Waals surface area contributed by atoms with Crippen LogP contribution in [-0.2, 0) is 4.74 Å². The van der Waals surface area contributed by atoms with Crippen LogP contribution in [0, 0.1) is 0 Å². The van der Waals surface area contributed by atoms with Gasteiger partial charge >= 0.3 is 0 Å².